The normalized spacial score (nSPS) is 17.1. The van der Waals surface area contributed by atoms with Crippen LogP contribution in [-0.4, -0.2) is 57.9 Å². The number of rotatable bonds is 5. The van der Waals surface area contributed by atoms with Crippen molar-refractivity contribution in [2.24, 2.45) is 0 Å². The van der Waals surface area contributed by atoms with Crippen LogP contribution in [0.3, 0.4) is 0 Å². The number of halogens is 9. The van der Waals surface area contributed by atoms with Gasteiger partial charge in [-0.05, 0) is 19.4 Å². The zero-order valence-electron chi connectivity index (χ0n) is 19.6. The standard InChI is InChI=1S/C23H17F9N4O3/c1-9(22(28,29)23(30,31)32)33-21(39)13-8-36(17-14(25)4-10(24)5-15(17)26)19-12(18(13)38)6-16(27)20(34-19)35-3-2-11(37)7-35/h4-6,8-9,11,37H,2-3,7H2,1H3,(H,33,39). The first-order valence-electron chi connectivity index (χ1n) is 11.1. The third-order valence-corrected chi connectivity index (χ3v) is 6.11. The number of carbonyl (C=O) groups is 1. The van der Waals surface area contributed by atoms with Gasteiger partial charge in [0.05, 0.1) is 17.5 Å². The predicted molar refractivity (Wildman–Crippen MR) is 118 cm³/mol. The van der Waals surface area contributed by atoms with Gasteiger partial charge in [-0.2, -0.15) is 22.0 Å². The van der Waals surface area contributed by atoms with Crippen molar-refractivity contribution in [3.63, 3.8) is 0 Å². The van der Waals surface area contributed by atoms with E-state index in [0.29, 0.717) is 23.8 Å². The number of aliphatic hydroxyl groups is 1. The molecule has 16 heteroatoms. The molecule has 2 N–H and O–H groups in total. The van der Waals surface area contributed by atoms with Crippen molar-refractivity contribution in [3.8, 4) is 5.69 Å². The van der Waals surface area contributed by atoms with E-state index in [-0.39, 0.29) is 31.6 Å². The second kappa shape index (κ2) is 9.73. The van der Waals surface area contributed by atoms with Crippen LogP contribution in [0.15, 0.2) is 29.2 Å². The van der Waals surface area contributed by atoms with Crippen LogP contribution in [0.4, 0.5) is 45.3 Å². The lowest BCUT2D eigenvalue weighted by atomic mass is 10.1. The smallest absolute Gasteiger partial charge is 0.391 e. The minimum atomic E-state index is -6.07. The molecule has 1 aliphatic heterocycles. The quantitative estimate of drug-likeness (QED) is 0.457. The molecule has 3 aromatic rings. The summed E-state index contributed by atoms with van der Waals surface area (Å²) in [4.78, 5) is 30.9. The first-order valence-corrected chi connectivity index (χ1v) is 11.1. The molecule has 2 aromatic heterocycles. The number of fused-ring (bicyclic) bond motifs is 1. The zero-order chi connectivity index (χ0) is 29.0. The highest BCUT2D eigenvalue weighted by molar-refractivity contribution is 5.97. The number of aliphatic hydroxyl groups excluding tert-OH is 1. The van der Waals surface area contributed by atoms with Crippen LogP contribution in [0, 0.1) is 23.3 Å². The highest BCUT2D eigenvalue weighted by Gasteiger charge is 2.61. The van der Waals surface area contributed by atoms with Gasteiger partial charge in [0.2, 0.25) is 5.43 Å². The minimum absolute atomic E-state index is 0.0925. The first-order chi connectivity index (χ1) is 18.0. The first kappa shape index (κ1) is 28.2. The van der Waals surface area contributed by atoms with Crippen molar-refractivity contribution in [2.75, 3.05) is 18.0 Å². The Morgan fingerprint density at radius 2 is 1.69 bits per heavy atom. The SMILES string of the molecule is CC(NC(=O)c1cn(-c2c(F)cc(F)cc2F)c2nc(N3CCC(O)C3)c(F)cc2c1=O)C(F)(F)C(F)(F)F. The van der Waals surface area contributed by atoms with E-state index >= 15 is 0 Å². The van der Waals surface area contributed by atoms with E-state index in [4.69, 9.17) is 0 Å². The summed E-state index contributed by atoms with van der Waals surface area (Å²) in [6.07, 6.45) is -6.31. The zero-order valence-corrected chi connectivity index (χ0v) is 19.6. The lowest BCUT2D eigenvalue weighted by Gasteiger charge is -2.26. The molecule has 1 fully saturated rings. The third-order valence-electron chi connectivity index (χ3n) is 6.11. The summed E-state index contributed by atoms with van der Waals surface area (Å²) < 4.78 is 124. The van der Waals surface area contributed by atoms with E-state index < -0.39 is 87.0 Å². The molecule has 210 valence electrons. The number of benzene rings is 1. The lowest BCUT2D eigenvalue weighted by Crippen LogP contribution is -2.54. The molecule has 4 rings (SSSR count). The maximum atomic E-state index is 15.0. The number of nitrogens with one attached hydrogen (secondary N) is 1. The lowest BCUT2D eigenvalue weighted by molar-refractivity contribution is -0.290. The second-order valence-electron chi connectivity index (χ2n) is 8.83. The number of β-amino-alcohol motifs (C(OH)–C–C–N with tert-alkyl or cyclic N) is 1. The fourth-order valence-electron chi connectivity index (χ4n) is 4.08. The van der Waals surface area contributed by atoms with E-state index in [1.165, 1.54) is 10.2 Å². The fourth-order valence-corrected chi connectivity index (χ4v) is 4.08. The Kier molecular flexibility index (Phi) is 7.04. The largest absolute Gasteiger partial charge is 0.455 e. The summed E-state index contributed by atoms with van der Waals surface area (Å²) in [6, 6.07) is -1.90. The van der Waals surface area contributed by atoms with E-state index in [1.54, 1.807) is 0 Å². The number of anilines is 1. The van der Waals surface area contributed by atoms with Crippen LogP contribution in [-0.2, 0) is 0 Å². The maximum absolute atomic E-state index is 15.0. The molecule has 1 aliphatic rings. The summed E-state index contributed by atoms with van der Waals surface area (Å²) in [5.74, 6) is -13.4. The number of alkyl halides is 5. The van der Waals surface area contributed by atoms with E-state index in [9.17, 15) is 54.2 Å². The molecule has 0 spiro atoms. The Morgan fingerprint density at radius 3 is 2.23 bits per heavy atom. The van der Waals surface area contributed by atoms with Crippen molar-refractivity contribution in [2.45, 2.75) is 37.6 Å². The topological polar surface area (TPSA) is 87.5 Å². The molecule has 1 amide bonds. The van der Waals surface area contributed by atoms with Gasteiger partial charge < -0.3 is 15.3 Å². The van der Waals surface area contributed by atoms with Crippen molar-refractivity contribution in [3.05, 3.63) is 63.5 Å². The molecular weight excluding hydrogens is 551 g/mol. The van der Waals surface area contributed by atoms with Gasteiger partial charge in [-0.1, -0.05) is 0 Å². The second-order valence-corrected chi connectivity index (χ2v) is 8.83. The molecule has 0 saturated carbocycles. The average molecular weight is 568 g/mol. The minimum Gasteiger partial charge on any atom is -0.391 e. The van der Waals surface area contributed by atoms with Crippen LogP contribution in [0.2, 0.25) is 0 Å². The van der Waals surface area contributed by atoms with E-state index in [1.807, 2.05) is 0 Å². The monoisotopic (exact) mass is 568 g/mol. The summed E-state index contributed by atoms with van der Waals surface area (Å²) >= 11 is 0. The van der Waals surface area contributed by atoms with Crippen LogP contribution in [0.5, 0.6) is 0 Å². The number of nitrogens with zero attached hydrogens (tertiary/aromatic N) is 3. The van der Waals surface area contributed by atoms with Gasteiger partial charge >= 0.3 is 12.1 Å². The van der Waals surface area contributed by atoms with E-state index in [2.05, 4.69) is 4.98 Å². The average Bonchev–Trinajstić information content (AvgIpc) is 3.24. The number of pyridine rings is 2. The van der Waals surface area contributed by atoms with Crippen LogP contribution in [0.25, 0.3) is 16.7 Å². The van der Waals surface area contributed by atoms with Crippen LogP contribution < -0.4 is 15.6 Å². The molecule has 7 nitrogen and oxygen atoms in total. The number of hydrogen-bond acceptors (Lipinski definition) is 5. The van der Waals surface area contributed by atoms with Gasteiger partial charge in [0.25, 0.3) is 5.91 Å². The Labute approximate surface area is 212 Å². The Bertz CT molecular complexity index is 1500. The van der Waals surface area contributed by atoms with Gasteiger partial charge in [-0.3, -0.25) is 14.2 Å². The molecule has 2 unspecified atom stereocenters. The fraction of sp³-hybridized carbons (Fsp3) is 0.348. The molecule has 2 atom stereocenters. The summed E-state index contributed by atoms with van der Waals surface area (Å²) in [7, 11) is 0. The highest BCUT2D eigenvalue weighted by atomic mass is 19.4. The molecule has 0 aliphatic carbocycles. The Balaban J connectivity index is 1.95. The summed E-state index contributed by atoms with van der Waals surface area (Å²) in [5, 5.41) is 10.3. The van der Waals surface area contributed by atoms with Crippen molar-refractivity contribution in [1.82, 2.24) is 14.9 Å². The van der Waals surface area contributed by atoms with E-state index in [0.717, 1.165) is 0 Å². The number of aromatic nitrogens is 2. The molecule has 1 aromatic carbocycles. The molecule has 39 heavy (non-hydrogen) atoms. The van der Waals surface area contributed by atoms with Gasteiger partial charge in [-0.15, -0.1) is 0 Å². The van der Waals surface area contributed by atoms with Gasteiger partial charge in [-0.25, -0.2) is 22.5 Å². The highest BCUT2D eigenvalue weighted by Crippen LogP contribution is 2.38. The predicted octanol–water partition coefficient (Wildman–Crippen LogP) is 3.83. The molecule has 0 radical (unpaired) electrons. The molecule has 1 saturated heterocycles. The van der Waals surface area contributed by atoms with Crippen molar-refractivity contribution < 1.29 is 49.4 Å². The van der Waals surface area contributed by atoms with Crippen LogP contribution in [0.1, 0.15) is 23.7 Å². The molecule has 0 bridgehead atoms. The number of carbonyl (C=O) groups excluding carboxylic acids is 1. The van der Waals surface area contributed by atoms with Crippen molar-refractivity contribution >= 4 is 22.8 Å². The maximum Gasteiger partial charge on any atom is 0.455 e. The molecule has 3 heterocycles. The summed E-state index contributed by atoms with van der Waals surface area (Å²) in [5.41, 5.74) is -4.38. The van der Waals surface area contributed by atoms with Crippen LogP contribution >= 0.6 is 0 Å². The number of hydrogen-bond donors (Lipinski definition) is 2. The van der Waals surface area contributed by atoms with Gasteiger partial charge in [0.1, 0.15) is 17.1 Å². The third kappa shape index (κ3) is 4.99. The van der Waals surface area contributed by atoms with Gasteiger partial charge in [0, 0.05) is 31.4 Å². The van der Waals surface area contributed by atoms with Gasteiger partial charge in [0.15, 0.2) is 28.9 Å². The number of amides is 1. The Morgan fingerprint density at radius 1 is 1.08 bits per heavy atom. The summed E-state index contributed by atoms with van der Waals surface area (Å²) in [6.45, 7) is 0.318. The molecular formula is C23H17F9N4O3. The Hall–Kier alpha value is -3.82. The van der Waals surface area contributed by atoms with Crippen molar-refractivity contribution in [1.29, 1.82) is 0 Å².